The Balaban J connectivity index is 0.000000203. The molecule has 1 N–H and O–H groups in total. The number of hydrogen-bond acceptors (Lipinski definition) is 11. The van der Waals surface area contributed by atoms with Gasteiger partial charge in [0.05, 0.1) is 37.7 Å². The highest BCUT2D eigenvalue weighted by Gasteiger charge is 2.35. The van der Waals surface area contributed by atoms with Gasteiger partial charge in [-0.15, -0.1) is 10.2 Å². The van der Waals surface area contributed by atoms with Crippen LogP contribution in [-0.2, 0) is 14.4 Å². The van der Waals surface area contributed by atoms with E-state index in [2.05, 4.69) is 25.9 Å². The molecule has 2 saturated heterocycles. The van der Waals surface area contributed by atoms with Gasteiger partial charge in [-0.05, 0) is 44.9 Å². The Labute approximate surface area is 191 Å². The number of hydrogen-bond donors (Lipinski definition) is 1. The van der Waals surface area contributed by atoms with Crippen molar-refractivity contribution in [2.75, 3.05) is 13.2 Å². The first-order valence-corrected chi connectivity index (χ1v) is 10.3. The molecular formula is C21H24N8O4. The molecule has 2 aromatic heterocycles. The SMILES string of the molecule is CC(C)(C)OC(=O)N1OCC[C@H]1c1cnnc(C#N)c1.N#Cc1cc([C@@H]2CCON2)cnn1. The van der Waals surface area contributed by atoms with Crippen LogP contribution < -0.4 is 5.48 Å². The average molecular weight is 452 g/mol. The van der Waals surface area contributed by atoms with Gasteiger partial charge in [-0.25, -0.2) is 4.79 Å². The lowest BCUT2D eigenvalue weighted by Gasteiger charge is -2.26. The van der Waals surface area contributed by atoms with Crippen molar-refractivity contribution in [2.24, 2.45) is 0 Å². The minimum Gasteiger partial charge on any atom is -0.442 e. The topological polar surface area (TPSA) is 159 Å². The lowest BCUT2D eigenvalue weighted by atomic mass is 10.1. The Morgan fingerprint density at radius 1 is 1.09 bits per heavy atom. The molecule has 2 atom stereocenters. The van der Waals surface area contributed by atoms with Crippen molar-refractivity contribution in [1.29, 1.82) is 10.5 Å². The molecule has 12 nitrogen and oxygen atoms in total. The van der Waals surface area contributed by atoms with Crippen molar-refractivity contribution >= 4 is 6.09 Å². The van der Waals surface area contributed by atoms with Gasteiger partial charge >= 0.3 is 6.09 Å². The molecule has 33 heavy (non-hydrogen) atoms. The number of aromatic nitrogens is 4. The van der Waals surface area contributed by atoms with E-state index in [-0.39, 0.29) is 17.8 Å². The van der Waals surface area contributed by atoms with Crippen LogP contribution in [0.2, 0.25) is 0 Å². The summed E-state index contributed by atoms with van der Waals surface area (Å²) in [4.78, 5) is 22.4. The fraction of sp³-hybridized carbons (Fsp3) is 0.476. The molecule has 4 heterocycles. The molecule has 2 aliphatic heterocycles. The summed E-state index contributed by atoms with van der Waals surface area (Å²) in [5.74, 6) is 0. The van der Waals surface area contributed by atoms with E-state index in [1.165, 1.54) is 11.3 Å². The maximum absolute atomic E-state index is 12.1. The van der Waals surface area contributed by atoms with Crippen molar-refractivity contribution in [3.63, 3.8) is 0 Å². The average Bonchev–Trinajstić information content (AvgIpc) is 3.51. The van der Waals surface area contributed by atoms with Crippen molar-refractivity contribution in [3.8, 4) is 12.1 Å². The molecule has 12 heteroatoms. The van der Waals surface area contributed by atoms with E-state index in [4.69, 9.17) is 24.9 Å². The van der Waals surface area contributed by atoms with E-state index < -0.39 is 11.7 Å². The maximum atomic E-state index is 12.1. The highest BCUT2D eigenvalue weighted by atomic mass is 16.7. The number of rotatable bonds is 2. The summed E-state index contributed by atoms with van der Waals surface area (Å²) < 4.78 is 5.29. The second-order valence-corrected chi connectivity index (χ2v) is 8.22. The van der Waals surface area contributed by atoms with E-state index in [0.717, 1.165) is 12.0 Å². The smallest absolute Gasteiger partial charge is 0.435 e. The molecule has 0 aliphatic carbocycles. The summed E-state index contributed by atoms with van der Waals surface area (Å²) in [5, 5.41) is 33.5. The van der Waals surface area contributed by atoms with Gasteiger partial charge in [-0.1, -0.05) is 0 Å². The Morgan fingerprint density at radius 3 is 2.30 bits per heavy atom. The van der Waals surface area contributed by atoms with Gasteiger partial charge in [0.15, 0.2) is 11.4 Å². The van der Waals surface area contributed by atoms with Gasteiger partial charge in [0.25, 0.3) is 0 Å². The van der Waals surface area contributed by atoms with Gasteiger partial charge in [0, 0.05) is 12.0 Å². The molecule has 0 aromatic carbocycles. The molecule has 0 radical (unpaired) electrons. The summed E-state index contributed by atoms with van der Waals surface area (Å²) in [6, 6.07) is 7.02. The van der Waals surface area contributed by atoms with Crippen LogP contribution in [0.4, 0.5) is 4.79 Å². The molecule has 2 aromatic rings. The van der Waals surface area contributed by atoms with Crippen molar-refractivity contribution in [1.82, 2.24) is 30.9 Å². The normalized spacial score (nSPS) is 19.7. The quantitative estimate of drug-likeness (QED) is 0.712. The van der Waals surface area contributed by atoms with E-state index in [1.807, 2.05) is 12.1 Å². The molecule has 1 amide bonds. The number of nitriles is 2. The lowest BCUT2D eigenvalue weighted by Crippen LogP contribution is -2.35. The first-order valence-electron chi connectivity index (χ1n) is 10.3. The summed E-state index contributed by atoms with van der Waals surface area (Å²) in [5.41, 5.74) is 4.45. The third kappa shape index (κ3) is 6.63. The number of hydroxylamine groups is 3. The third-order valence-electron chi connectivity index (χ3n) is 4.58. The summed E-state index contributed by atoms with van der Waals surface area (Å²) in [6.45, 7) is 6.47. The van der Waals surface area contributed by atoms with E-state index in [9.17, 15) is 4.79 Å². The summed E-state index contributed by atoms with van der Waals surface area (Å²) in [6.07, 6.45) is 4.15. The minimum absolute atomic E-state index is 0.141. The summed E-state index contributed by atoms with van der Waals surface area (Å²) >= 11 is 0. The monoisotopic (exact) mass is 452 g/mol. The number of ether oxygens (including phenoxy) is 1. The Bertz CT molecular complexity index is 1050. The highest BCUT2D eigenvalue weighted by Crippen LogP contribution is 2.31. The minimum atomic E-state index is -0.595. The fourth-order valence-electron chi connectivity index (χ4n) is 3.13. The molecule has 0 saturated carbocycles. The number of carbonyl (C=O) groups is 1. The molecule has 0 bridgehead atoms. The van der Waals surface area contributed by atoms with Crippen LogP contribution in [0.5, 0.6) is 0 Å². The second-order valence-electron chi connectivity index (χ2n) is 8.22. The van der Waals surface area contributed by atoms with Crippen molar-refractivity contribution in [3.05, 3.63) is 47.0 Å². The number of amides is 1. The van der Waals surface area contributed by atoms with Crippen LogP contribution in [0.15, 0.2) is 24.5 Å². The maximum Gasteiger partial charge on any atom is 0.435 e. The van der Waals surface area contributed by atoms with Crippen LogP contribution in [0.25, 0.3) is 0 Å². The number of carbonyl (C=O) groups excluding carboxylic acids is 1. The second kappa shape index (κ2) is 10.7. The first-order chi connectivity index (χ1) is 15.8. The Kier molecular flexibility index (Phi) is 7.79. The molecule has 0 unspecified atom stereocenters. The van der Waals surface area contributed by atoms with Gasteiger partial charge in [-0.3, -0.25) is 4.84 Å². The van der Waals surface area contributed by atoms with Gasteiger partial charge < -0.3 is 9.57 Å². The largest absolute Gasteiger partial charge is 0.442 e. The Hall–Kier alpha value is -3.71. The Morgan fingerprint density at radius 2 is 1.73 bits per heavy atom. The predicted octanol–water partition coefficient (Wildman–Crippen LogP) is 2.28. The first kappa shape index (κ1) is 23.9. The van der Waals surface area contributed by atoms with E-state index in [0.29, 0.717) is 30.9 Å². The van der Waals surface area contributed by atoms with Gasteiger partial charge in [0.1, 0.15) is 17.7 Å². The fourth-order valence-corrected chi connectivity index (χ4v) is 3.13. The van der Waals surface area contributed by atoms with Crippen LogP contribution in [0, 0.1) is 22.7 Å². The van der Waals surface area contributed by atoms with Crippen molar-refractivity contribution in [2.45, 2.75) is 51.3 Å². The van der Waals surface area contributed by atoms with E-state index >= 15 is 0 Å². The van der Waals surface area contributed by atoms with E-state index in [1.54, 1.807) is 39.1 Å². The highest BCUT2D eigenvalue weighted by molar-refractivity contribution is 5.67. The molecule has 0 spiro atoms. The molecule has 2 fully saturated rings. The molecule has 172 valence electrons. The van der Waals surface area contributed by atoms with Crippen LogP contribution in [-0.4, -0.2) is 50.4 Å². The molecule has 2 aliphatic rings. The third-order valence-corrected chi connectivity index (χ3v) is 4.58. The molecule has 4 rings (SSSR count). The zero-order chi connectivity index (χ0) is 23.8. The van der Waals surface area contributed by atoms with Crippen LogP contribution in [0.1, 0.15) is 68.2 Å². The number of nitrogens with zero attached hydrogens (tertiary/aromatic N) is 7. The predicted molar refractivity (Wildman–Crippen MR) is 111 cm³/mol. The number of nitrogens with one attached hydrogen (secondary N) is 1. The summed E-state index contributed by atoms with van der Waals surface area (Å²) in [7, 11) is 0. The zero-order valence-corrected chi connectivity index (χ0v) is 18.6. The van der Waals surface area contributed by atoms with Crippen LogP contribution in [0.3, 0.4) is 0 Å². The standard InChI is InChI=1S/C13H16N4O3.C8H8N4O/c1-13(2,3)20-12(18)17-11(4-5-19-17)9-6-10(7-14)16-15-8-9;9-4-7-3-6(5-10-11-7)8-1-2-13-12-8/h6,8,11H,4-5H2,1-3H3;3,5,8,12H,1-2H2/t11-;8-/m00/s1. The zero-order valence-electron chi connectivity index (χ0n) is 18.6. The van der Waals surface area contributed by atoms with Gasteiger partial charge in [0.2, 0.25) is 0 Å². The lowest BCUT2D eigenvalue weighted by molar-refractivity contribution is -0.125. The molecular weight excluding hydrogens is 428 g/mol. The van der Waals surface area contributed by atoms with Gasteiger partial charge in [-0.2, -0.15) is 31.3 Å². The van der Waals surface area contributed by atoms with Crippen LogP contribution >= 0.6 is 0 Å². The van der Waals surface area contributed by atoms with Crippen molar-refractivity contribution < 1.29 is 19.2 Å².